The summed E-state index contributed by atoms with van der Waals surface area (Å²) in [6, 6.07) is 2.03. The molecule has 0 unspecified atom stereocenters. The van der Waals surface area contributed by atoms with Crippen molar-refractivity contribution in [3.63, 3.8) is 0 Å². The van der Waals surface area contributed by atoms with Gasteiger partial charge in [-0.2, -0.15) is 0 Å². The third-order valence-electron chi connectivity index (χ3n) is 1.79. The molecule has 0 radical (unpaired) electrons. The molecule has 0 atom stereocenters. The van der Waals surface area contributed by atoms with Crippen molar-refractivity contribution in [3.8, 4) is 0 Å². The summed E-state index contributed by atoms with van der Waals surface area (Å²) in [5, 5.41) is 0. The van der Waals surface area contributed by atoms with Crippen LogP contribution in [-0.2, 0) is 6.42 Å². The molecular formula is C10H8F4. The lowest BCUT2D eigenvalue weighted by atomic mass is 10.1. The third-order valence-corrected chi connectivity index (χ3v) is 1.79. The van der Waals surface area contributed by atoms with Crippen molar-refractivity contribution >= 4 is 0 Å². The van der Waals surface area contributed by atoms with Gasteiger partial charge < -0.3 is 0 Å². The molecule has 0 nitrogen and oxygen atoms in total. The molecule has 0 amide bonds. The van der Waals surface area contributed by atoms with E-state index in [1.165, 1.54) is 6.08 Å². The Morgan fingerprint density at radius 3 is 2.36 bits per heavy atom. The average molecular weight is 204 g/mol. The Kier molecular flexibility index (Phi) is 3.28. The molecule has 0 N–H and O–H groups in total. The topological polar surface area (TPSA) is 0 Å². The SMILES string of the molecule is C=CCc1ccc(C(F)F)c(F)c1F. The van der Waals surface area contributed by atoms with E-state index < -0.39 is 23.6 Å². The van der Waals surface area contributed by atoms with Gasteiger partial charge in [-0.05, 0) is 18.1 Å². The lowest BCUT2D eigenvalue weighted by Crippen LogP contribution is -1.99. The predicted octanol–water partition coefficient (Wildman–Crippen LogP) is 3.63. The fraction of sp³-hybridized carbons (Fsp3) is 0.200. The highest BCUT2D eigenvalue weighted by atomic mass is 19.3. The maximum Gasteiger partial charge on any atom is 0.266 e. The summed E-state index contributed by atoms with van der Waals surface area (Å²) < 4.78 is 50.2. The number of hydrogen-bond donors (Lipinski definition) is 0. The molecule has 0 aromatic heterocycles. The Morgan fingerprint density at radius 2 is 1.86 bits per heavy atom. The maximum atomic E-state index is 13.1. The van der Waals surface area contributed by atoms with Crippen LogP contribution in [-0.4, -0.2) is 0 Å². The predicted molar refractivity (Wildman–Crippen MR) is 45.2 cm³/mol. The van der Waals surface area contributed by atoms with Crippen molar-refractivity contribution < 1.29 is 17.6 Å². The van der Waals surface area contributed by atoms with Crippen molar-refractivity contribution in [2.45, 2.75) is 12.8 Å². The van der Waals surface area contributed by atoms with Crippen LogP contribution in [0, 0.1) is 11.6 Å². The van der Waals surface area contributed by atoms with Crippen LogP contribution in [0.4, 0.5) is 17.6 Å². The highest BCUT2D eigenvalue weighted by Crippen LogP contribution is 2.25. The van der Waals surface area contributed by atoms with Crippen LogP contribution in [0.5, 0.6) is 0 Å². The van der Waals surface area contributed by atoms with Gasteiger partial charge in [0, 0.05) is 0 Å². The summed E-state index contributed by atoms with van der Waals surface area (Å²) >= 11 is 0. The Balaban J connectivity index is 3.18. The lowest BCUT2D eigenvalue weighted by Gasteiger charge is -2.05. The van der Waals surface area contributed by atoms with Gasteiger partial charge in [0.05, 0.1) is 5.56 Å². The first-order valence-corrected chi connectivity index (χ1v) is 3.93. The smallest absolute Gasteiger partial charge is 0.205 e. The van der Waals surface area contributed by atoms with E-state index in [9.17, 15) is 17.6 Å². The van der Waals surface area contributed by atoms with E-state index in [0.29, 0.717) is 0 Å². The molecule has 4 heteroatoms. The molecule has 0 bridgehead atoms. The second-order valence-electron chi connectivity index (χ2n) is 2.74. The van der Waals surface area contributed by atoms with E-state index in [2.05, 4.69) is 6.58 Å². The highest BCUT2D eigenvalue weighted by Gasteiger charge is 2.18. The van der Waals surface area contributed by atoms with Crippen LogP contribution in [0.2, 0.25) is 0 Å². The first-order chi connectivity index (χ1) is 6.57. The molecule has 0 aliphatic heterocycles. The van der Waals surface area contributed by atoms with Crippen LogP contribution in [0.1, 0.15) is 17.6 Å². The number of allylic oxidation sites excluding steroid dienone is 1. The minimum atomic E-state index is -3.00. The standard InChI is InChI=1S/C10H8F4/c1-2-3-6-4-5-7(10(13)14)9(12)8(6)11/h2,4-5,10H,1,3H2. The monoisotopic (exact) mass is 204 g/mol. The Labute approximate surface area is 78.9 Å². The molecule has 76 valence electrons. The highest BCUT2D eigenvalue weighted by molar-refractivity contribution is 5.28. The van der Waals surface area contributed by atoms with Gasteiger partial charge in [0.1, 0.15) is 0 Å². The largest absolute Gasteiger partial charge is 0.266 e. The lowest BCUT2D eigenvalue weighted by molar-refractivity contribution is 0.145. The van der Waals surface area contributed by atoms with Gasteiger partial charge >= 0.3 is 0 Å². The number of hydrogen-bond acceptors (Lipinski definition) is 0. The second-order valence-corrected chi connectivity index (χ2v) is 2.74. The molecule has 1 rings (SSSR count). The summed E-state index contributed by atoms with van der Waals surface area (Å²) in [5.41, 5.74) is -0.878. The van der Waals surface area contributed by atoms with Gasteiger partial charge in [0.15, 0.2) is 11.6 Å². The molecule has 1 aromatic rings. The van der Waals surface area contributed by atoms with Gasteiger partial charge in [-0.25, -0.2) is 17.6 Å². The van der Waals surface area contributed by atoms with Gasteiger partial charge in [-0.1, -0.05) is 12.1 Å². The van der Waals surface area contributed by atoms with E-state index in [0.717, 1.165) is 12.1 Å². The van der Waals surface area contributed by atoms with Crippen molar-refractivity contribution in [2.24, 2.45) is 0 Å². The average Bonchev–Trinajstić information content (AvgIpc) is 2.13. The Morgan fingerprint density at radius 1 is 1.21 bits per heavy atom. The van der Waals surface area contributed by atoms with Crippen LogP contribution in [0.3, 0.4) is 0 Å². The molecule has 0 aliphatic carbocycles. The molecule has 0 saturated carbocycles. The first-order valence-electron chi connectivity index (χ1n) is 3.93. The minimum Gasteiger partial charge on any atom is -0.205 e. The van der Waals surface area contributed by atoms with Crippen molar-refractivity contribution in [1.82, 2.24) is 0 Å². The number of alkyl halides is 2. The Hall–Kier alpha value is -1.32. The molecule has 0 spiro atoms. The van der Waals surface area contributed by atoms with Gasteiger partial charge in [-0.3, -0.25) is 0 Å². The zero-order valence-electron chi connectivity index (χ0n) is 7.24. The summed E-state index contributed by atoms with van der Waals surface area (Å²) in [5.74, 6) is -2.69. The van der Waals surface area contributed by atoms with Crippen LogP contribution in [0.15, 0.2) is 24.8 Å². The van der Waals surface area contributed by atoms with E-state index in [4.69, 9.17) is 0 Å². The molecule has 1 aromatic carbocycles. The zero-order valence-corrected chi connectivity index (χ0v) is 7.24. The third kappa shape index (κ3) is 1.95. The number of rotatable bonds is 3. The number of benzene rings is 1. The number of halogens is 4. The molecule has 14 heavy (non-hydrogen) atoms. The first kappa shape index (κ1) is 10.8. The van der Waals surface area contributed by atoms with Gasteiger partial charge in [0.2, 0.25) is 0 Å². The Bertz CT molecular complexity index is 344. The molecule has 0 fully saturated rings. The second kappa shape index (κ2) is 4.26. The molecule has 0 aliphatic rings. The fourth-order valence-corrected chi connectivity index (χ4v) is 1.09. The van der Waals surface area contributed by atoms with Gasteiger partial charge in [0.25, 0.3) is 6.43 Å². The van der Waals surface area contributed by atoms with Crippen LogP contribution < -0.4 is 0 Å². The van der Waals surface area contributed by atoms with Gasteiger partial charge in [-0.15, -0.1) is 6.58 Å². The zero-order chi connectivity index (χ0) is 10.7. The molecule has 0 saturated heterocycles. The van der Waals surface area contributed by atoms with Crippen molar-refractivity contribution in [2.75, 3.05) is 0 Å². The van der Waals surface area contributed by atoms with Crippen molar-refractivity contribution in [3.05, 3.63) is 47.5 Å². The van der Waals surface area contributed by atoms with E-state index in [1.54, 1.807) is 0 Å². The van der Waals surface area contributed by atoms with Crippen LogP contribution >= 0.6 is 0 Å². The molecular weight excluding hydrogens is 196 g/mol. The summed E-state index contributed by atoms with van der Waals surface area (Å²) in [7, 11) is 0. The molecule has 0 heterocycles. The van der Waals surface area contributed by atoms with E-state index >= 15 is 0 Å². The summed E-state index contributed by atoms with van der Waals surface area (Å²) in [4.78, 5) is 0. The van der Waals surface area contributed by atoms with E-state index in [1.807, 2.05) is 0 Å². The summed E-state index contributed by atoms with van der Waals surface area (Å²) in [6.45, 7) is 3.35. The minimum absolute atomic E-state index is 0.0295. The fourth-order valence-electron chi connectivity index (χ4n) is 1.09. The van der Waals surface area contributed by atoms with E-state index in [-0.39, 0.29) is 12.0 Å². The van der Waals surface area contributed by atoms with Crippen LogP contribution in [0.25, 0.3) is 0 Å². The quantitative estimate of drug-likeness (QED) is 0.521. The normalized spacial score (nSPS) is 10.6. The van der Waals surface area contributed by atoms with Crippen molar-refractivity contribution in [1.29, 1.82) is 0 Å². The maximum absolute atomic E-state index is 13.1. The summed E-state index contributed by atoms with van der Waals surface area (Å²) in [6.07, 6.45) is -1.51.